The molecule has 16 heavy (non-hydrogen) atoms. The van der Waals surface area contributed by atoms with Gasteiger partial charge in [-0.25, -0.2) is 0 Å². The number of tetrazole rings is 1. The lowest BCUT2D eigenvalue weighted by atomic mass is 10.2. The van der Waals surface area contributed by atoms with Gasteiger partial charge in [-0.05, 0) is 36.4 Å². The van der Waals surface area contributed by atoms with Gasteiger partial charge < -0.3 is 0 Å². The molecule has 0 fully saturated rings. The number of nitriles is 1. The predicted octanol–water partition coefficient (Wildman–Crippen LogP) is 2.08. The molecule has 0 saturated carbocycles. The van der Waals surface area contributed by atoms with E-state index in [0.717, 1.165) is 5.56 Å². The molecule has 0 amide bonds. The highest BCUT2D eigenvalue weighted by Gasteiger charge is 2.09. The van der Waals surface area contributed by atoms with E-state index >= 15 is 0 Å². The molecule has 0 unspecified atom stereocenters. The van der Waals surface area contributed by atoms with E-state index in [2.05, 4.69) is 15.4 Å². The molecule has 1 aromatic heterocycles. The minimum atomic E-state index is -0.423. The second-order valence-electron chi connectivity index (χ2n) is 3.25. The molecule has 0 spiro atoms. The number of rotatable bonds is 2. The number of benzene rings is 1. The van der Waals surface area contributed by atoms with Gasteiger partial charge in [-0.3, -0.25) is 0 Å². The molecule has 1 atom stereocenters. The number of halogens is 1. The van der Waals surface area contributed by atoms with Gasteiger partial charge in [0.25, 0.3) is 0 Å². The molecule has 2 rings (SSSR count). The first-order valence-electron chi connectivity index (χ1n) is 4.66. The van der Waals surface area contributed by atoms with Crippen LogP contribution in [0.5, 0.6) is 0 Å². The summed E-state index contributed by atoms with van der Waals surface area (Å²) in [6, 6.07) is 8.73. The van der Waals surface area contributed by atoms with E-state index < -0.39 is 6.04 Å². The van der Waals surface area contributed by atoms with Crippen LogP contribution < -0.4 is 0 Å². The third-order valence-electron chi connectivity index (χ3n) is 2.06. The molecule has 0 bridgehead atoms. The molecular formula is C10H8ClN5. The van der Waals surface area contributed by atoms with E-state index in [1.165, 1.54) is 4.80 Å². The largest absolute Gasteiger partial charge is 0.204 e. The van der Waals surface area contributed by atoms with Crippen LogP contribution in [-0.4, -0.2) is 20.2 Å². The molecule has 1 aromatic carbocycles. The van der Waals surface area contributed by atoms with Gasteiger partial charge in [-0.15, -0.1) is 15.0 Å². The van der Waals surface area contributed by atoms with Crippen molar-refractivity contribution in [2.24, 2.45) is 0 Å². The summed E-state index contributed by atoms with van der Waals surface area (Å²) < 4.78 is 0. The van der Waals surface area contributed by atoms with Gasteiger partial charge in [0.05, 0.1) is 6.07 Å². The lowest BCUT2D eigenvalue weighted by molar-refractivity contribution is 0.501. The first kappa shape index (κ1) is 10.6. The number of hydrogen-bond donors (Lipinski definition) is 0. The maximum Gasteiger partial charge on any atom is 0.204 e. The van der Waals surface area contributed by atoms with Crippen LogP contribution in [-0.2, 0) is 0 Å². The van der Waals surface area contributed by atoms with Gasteiger partial charge in [0.15, 0.2) is 6.04 Å². The van der Waals surface area contributed by atoms with Crippen molar-refractivity contribution in [2.75, 3.05) is 0 Å². The summed E-state index contributed by atoms with van der Waals surface area (Å²) >= 11 is 5.77. The van der Waals surface area contributed by atoms with Crippen molar-refractivity contribution in [3.63, 3.8) is 0 Å². The highest BCUT2D eigenvalue weighted by atomic mass is 35.5. The molecular weight excluding hydrogens is 226 g/mol. The van der Waals surface area contributed by atoms with E-state index in [9.17, 15) is 0 Å². The number of nitrogens with zero attached hydrogens (tertiary/aromatic N) is 5. The van der Waals surface area contributed by atoms with Crippen LogP contribution in [0.4, 0.5) is 0 Å². The predicted molar refractivity (Wildman–Crippen MR) is 58.6 cm³/mol. The zero-order valence-electron chi connectivity index (χ0n) is 8.50. The fraction of sp³-hybridized carbons (Fsp3) is 0.200. The first-order valence-corrected chi connectivity index (χ1v) is 5.03. The summed E-state index contributed by atoms with van der Waals surface area (Å²) in [7, 11) is 0. The summed E-state index contributed by atoms with van der Waals surface area (Å²) in [6.07, 6.45) is 0. The summed E-state index contributed by atoms with van der Waals surface area (Å²) in [5.74, 6) is 0.485. The minimum Gasteiger partial charge on any atom is -0.196 e. The van der Waals surface area contributed by atoms with Gasteiger partial charge in [0.1, 0.15) is 0 Å². The normalized spacial score (nSPS) is 12.1. The Bertz CT molecular complexity index is 525. The van der Waals surface area contributed by atoms with Crippen LogP contribution >= 0.6 is 11.6 Å². The maximum atomic E-state index is 8.71. The van der Waals surface area contributed by atoms with Crippen molar-refractivity contribution in [1.82, 2.24) is 20.2 Å². The van der Waals surface area contributed by atoms with Crippen molar-refractivity contribution in [3.05, 3.63) is 29.3 Å². The molecule has 0 aliphatic heterocycles. The Morgan fingerprint density at radius 3 is 2.69 bits per heavy atom. The van der Waals surface area contributed by atoms with E-state index in [-0.39, 0.29) is 0 Å². The van der Waals surface area contributed by atoms with Gasteiger partial charge in [-0.2, -0.15) is 5.26 Å². The maximum absolute atomic E-state index is 8.71. The fourth-order valence-corrected chi connectivity index (χ4v) is 1.28. The third-order valence-corrected chi connectivity index (χ3v) is 2.32. The Labute approximate surface area is 97.3 Å². The smallest absolute Gasteiger partial charge is 0.196 e. The molecule has 6 heteroatoms. The van der Waals surface area contributed by atoms with Crippen molar-refractivity contribution >= 4 is 11.6 Å². The molecule has 0 aliphatic carbocycles. The van der Waals surface area contributed by atoms with Crippen LogP contribution in [0.1, 0.15) is 13.0 Å². The van der Waals surface area contributed by atoms with Crippen LogP contribution in [0, 0.1) is 11.3 Å². The molecule has 1 heterocycles. The molecule has 2 aromatic rings. The number of hydrogen-bond acceptors (Lipinski definition) is 4. The zero-order valence-corrected chi connectivity index (χ0v) is 9.26. The van der Waals surface area contributed by atoms with Gasteiger partial charge in [0, 0.05) is 10.6 Å². The summed E-state index contributed by atoms with van der Waals surface area (Å²) in [6.45, 7) is 1.70. The van der Waals surface area contributed by atoms with Crippen LogP contribution in [0.3, 0.4) is 0 Å². The summed E-state index contributed by atoms with van der Waals surface area (Å²) in [5, 5.41) is 21.2. The molecule has 80 valence electrons. The van der Waals surface area contributed by atoms with Crippen molar-refractivity contribution in [2.45, 2.75) is 13.0 Å². The SMILES string of the molecule is C[C@@H](C#N)n1nnc(-c2ccc(Cl)cc2)n1. The second-order valence-corrected chi connectivity index (χ2v) is 3.68. The topological polar surface area (TPSA) is 67.4 Å². The van der Waals surface area contributed by atoms with Gasteiger partial charge in [0.2, 0.25) is 5.82 Å². The van der Waals surface area contributed by atoms with E-state index in [1.807, 2.05) is 6.07 Å². The molecule has 0 N–H and O–H groups in total. The Morgan fingerprint density at radius 2 is 2.06 bits per heavy atom. The average molecular weight is 234 g/mol. The molecule has 5 nitrogen and oxygen atoms in total. The standard InChI is InChI=1S/C10H8ClN5/c1-7(6-12)16-14-10(13-15-16)8-2-4-9(11)5-3-8/h2-5,7H,1H3/t7-/m0/s1. The molecule has 0 saturated heterocycles. The Morgan fingerprint density at radius 1 is 1.38 bits per heavy atom. The summed E-state index contributed by atoms with van der Waals surface area (Å²) in [4.78, 5) is 1.28. The van der Waals surface area contributed by atoms with E-state index in [0.29, 0.717) is 10.8 Å². The Hall–Kier alpha value is -1.93. The van der Waals surface area contributed by atoms with Crippen LogP contribution in [0.2, 0.25) is 5.02 Å². The zero-order chi connectivity index (χ0) is 11.5. The monoisotopic (exact) mass is 233 g/mol. The number of aromatic nitrogens is 4. The van der Waals surface area contributed by atoms with Gasteiger partial charge in [-0.1, -0.05) is 11.6 Å². The van der Waals surface area contributed by atoms with E-state index in [1.54, 1.807) is 31.2 Å². The lowest BCUT2D eigenvalue weighted by Gasteiger charge is -1.97. The fourth-order valence-electron chi connectivity index (χ4n) is 1.16. The Balaban J connectivity index is 2.32. The van der Waals surface area contributed by atoms with Crippen LogP contribution in [0.15, 0.2) is 24.3 Å². The molecule has 0 radical (unpaired) electrons. The van der Waals surface area contributed by atoms with Crippen molar-refractivity contribution in [3.8, 4) is 17.5 Å². The third kappa shape index (κ3) is 2.02. The lowest BCUT2D eigenvalue weighted by Crippen LogP contribution is -2.06. The highest BCUT2D eigenvalue weighted by Crippen LogP contribution is 2.17. The minimum absolute atomic E-state index is 0.423. The summed E-state index contributed by atoms with van der Waals surface area (Å²) in [5.41, 5.74) is 0.820. The van der Waals surface area contributed by atoms with Crippen molar-refractivity contribution in [1.29, 1.82) is 5.26 Å². The van der Waals surface area contributed by atoms with Crippen molar-refractivity contribution < 1.29 is 0 Å². The van der Waals surface area contributed by atoms with E-state index in [4.69, 9.17) is 16.9 Å². The molecule has 0 aliphatic rings. The quantitative estimate of drug-likeness (QED) is 0.797. The average Bonchev–Trinajstić information content (AvgIpc) is 2.78. The highest BCUT2D eigenvalue weighted by molar-refractivity contribution is 6.30. The van der Waals surface area contributed by atoms with Crippen LogP contribution in [0.25, 0.3) is 11.4 Å². The van der Waals surface area contributed by atoms with Gasteiger partial charge >= 0.3 is 0 Å². The first-order chi connectivity index (χ1) is 7.70. The Kier molecular flexibility index (Phi) is 2.84. The second kappa shape index (κ2) is 4.29.